The predicted octanol–water partition coefficient (Wildman–Crippen LogP) is 2.73. The highest BCUT2D eigenvalue weighted by Crippen LogP contribution is 2.39. The van der Waals surface area contributed by atoms with Crippen molar-refractivity contribution in [3.8, 4) is 0 Å². The quantitative estimate of drug-likeness (QED) is 0.660. The number of aryl methyl sites for hydroxylation is 2. The Morgan fingerprint density at radius 3 is 2.80 bits per heavy atom. The lowest BCUT2D eigenvalue weighted by molar-refractivity contribution is 0.193. The van der Waals surface area contributed by atoms with Gasteiger partial charge in [0.05, 0.1) is 18.0 Å². The molecule has 8 heteroatoms. The highest BCUT2D eigenvalue weighted by molar-refractivity contribution is 5.73. The fraction of sp³-hybridized carbons (Fsp3) is 0.591. The molecule has 0 radical (unpaired) electrons. The average Bonchev–Trinajstić information content (AvgIpc) is 3.38. The van der Waals surface area contributed by atoms with Gasteiger partial charge in [0.15, 0.2) is 5.82 Å². The molecule has 0 amide bonds. The van der Waals surface area contributed by atoms with Crippen LogP contribution >= 0.6 is 0 Å². The second-order valence-corrected chi connectivity index (χ2v) is 8.70. The van der Waals surface area contributed by atoms with E-state index in [4.69, 9.17) is 24.7 Å². The minimum atomic E-state index is 0.311. The summed E-state index contributed by atoms with van der Waals surface area (Å²) in [7, 11) is 0. The van der Waals surface area contributed by atoms with Gasteiger partial charge in [0, 0.05) is 49.2 Å². The predicted molar refractivity (Wildman–Crippen MR) is 112 cm³/mol. The van der Waals surface area contributed by atoms with Gasteiger partial charge in [0.2, 0.25) is 0 Å². The number of imidazole rings is 1. The Hall–Kier alpha value is -2.61. The maximum atomic E-state index is 5.65. The molecule has 6 rings (SSSR count). The zero-order chi connectivity index (χ0) is 20.2. The molecule has 3 aromatic rings. The summed E-state index contributed by atoms with van der Waals surface area (Å²) in [6, 6.07) is 0. The van der Waals surface area contributed by atoms with Crippen molar-refractivity contribution in [2.75, 3.05) is 24.7 Å². The molecule has 2 aliphatic heterocycles. The number of rotatable bonds is 4. The van der Waals surface area contributed by atoms with Crippen LogP contribution in [-0.4, -0.2) is 49.3 Å². The second-order valence-electron chi connectivity index (χ2n) is 8.70. The molecule has 30 heavy (non-hydrogen) atoms. The molecule has 1 aliphatic carbocycles. The molecule has 0 spiro atoms. The van der Waals surface area contributed by atoms with Crippen LogP contribution in [0.4, 0.5) is 5.82 Å². The van der Waals surface area contributed by atoms with E-state index in [1.54, 1.807) is 6.33 Å². The van der Waals surface area contributed by atoms with Crippen molar-refractivity contribution in [2.24, 2.45) is 0 Å². The SMILES string of the molecule is CCc1nc(C2CC2)nc2c1CN(c1ncnn3c(C)nc(C4CCOC4)c13)CC2. The van der Waals surface area contributed by atoms with Gasteiger partial charge in [-0.25, -0.2) is 24.5 Å². The number of ether oxygens (including phenoxy) is 1. The van der Waals surface area contributed by atoms with Gasteiger partial charge in [-0.15, -0.1) is 0 Å². The molecular weight excluding hydrogens is 378 g/mol. The first kappa shape index (κ1) is 18.2. The summed E-state index contributed by atoms with van der Waals surface area (Å²) in [5.41, 5.74) is 5.82. The van der Waals surface area contributed by atoms with Crippen molar-refractivity contribution in [3.05, 3.63) is 40.6 Å². The van der Waals surface area contributed by atoms with Crippen LogP contribution in [0.1, 0.15) is 72.3 Å². The lowest BCUT2D eigenvalue weighted by atomic mass is 10.0. The minimum Gasteiger partial charge on any atom is -0.381 e. The van der Waals surface area contributed by atoms with E-state index < -0.39 is 0 Å². The van der Waals surface area contributed by atoms with Crippen LogP contribution in [0.25, 0.3) is 5.52 Å². The number of aromatic nitrogens is 6. The topological polar surface area (TPSA) is 81.3 Å². The van der Waals surface area contributed by atoms with Gasteiger partial charge in [-0.1, -0.05) is 6.92 Å². The van der Waals surface area contributed by atoms with Crippen molar-refractivity contribution in [3.63, 3.8) is 0 Å². The second kappa shape index (κ2) is 6.97. The lowest BCUT2D eigenvalue weighted by Crippen LogP contribution is -2.33. The van der Waals surface area contributed by atoms with Crippen LogP contribution in [0.2, 0.25) is 0 Å². The first-order chi connectivity index (χ1) is 14.7. The molecule has 0 N–H and O–H groups in total. The molecule has 1 saturated heterocycles. The minimum absolute atomic E-state index is 0.311. The van der Waals surface area contributed by atoms with Gasteiger partial charge in [-0.2, -0.15) is 5.10 Å². The highest BCUT2D eigenvalue weighted by Gasteiger charge is 2.32. The normalized spacial score (nSPS) is 21.4. The van der Waals surface area contributed by atoms with Crippen LogP contribution in [0.3, 0.4) is 0 Å². The zero-order valence-corrected chi connectivity index (χ0v) is 17.6. The third-order valence-electron chi connectivity index (χ3n) is 6.66. The summed E-state index contributed by atoms with van der Waals surface area (Å²) in [5.74, 6) is 3.83. The Labute approximate surface area is 175 Å². The Bertz CT molecular complexity index is 1100. The van der Waals surface area contributed by atoms with Crippen molar-refractivity contribution in [2.45, 2.75) is 64.3 Å². The molecule has 8 nitrogen and oxygen atoms in total. The third kappa shape index (κ3) is 2.88. The first-order valence-corrected chi connectivity index (χ1v) is 11.1. The Kier molecular flexibility index (Phi) is 4.23. The van der Waals surface area contributed by atoms with Crippen molar-refractivity contribution < 1.29 is 4.74 Å². The maximum Gasteiger partial charge on any atom is 0.158 e. The standard InChI is InChI=1S/C22H27N7O/c1-3-17-16-10-28(8-6-18(16)27-21(26-17)14-4-5-14)22-20-19(15-7-9-30-11-15)25-13(2)29(20)24-12-23-22/h12,14-15H,3-11H2,1-2H3. The Morgan fingerprint density at radius 1 is 1.13 bits per heavy atom. The molecule has 1 unspecified atom stereocenters. The van der Waals surface area contributed by atoms with E-state index >= 15 is 0 Å². The van der Waals surface area contributed by atoms with E-state index in [9.17, 15) is 0 Å². The van der Waals surface area contributed by atoms with Crippen LogP contribution in [-0.2, 0) is 24.1 Å². The molecule has 1 atom stereocenters. The molecule has 3 aliphatic rings. The van der Waals surface area contributed by atoms with E-state index in [0.29, 0.717) is 11.8 Å². The summed E-state index contributed by atoms with van der Waals surface area (Å²) in [4.78, 5) is 21.9. The summed E-state index contributed by atoms with van der Waals surface area (Å²) >= 11 is 0. The fourth-order valence-corrected chi connectivity index (χ4v) is 4.86. The van der Waals surface area contributed by atoms with Gasteiger partial charge in [-0.05, 0) is 32.6 Å². The lowest BCUT2D eigenvalue weighted by Gasteiger charge is -2.31. The Balaban J connectivity index is 1.42. The number of hydrogen-bond donors (Lipinski definition) is 0. The first-order valence-electron chi connectivity index (χ1n) is 11.1. The van der Waals surface area contributed by atoms with Gasteiger partial charge in [-0.3, -0.25) is 0 Å². The maximum absolute atomic E-state index is 5.65. The number of fused-ring (bicyclic) bond motifs is 2. The summed E-state index contributed by atoms with van der Waals surface area (Å²) in [5, 5.41) is 4.50. The van der Waals surface area contributed by atoms with Crippen molar-refractivity contribution in [1.82, 2.24) is 29.5 Å². The summed E-state index contributed by atoms with van der Waals surface area (Å²) < 4.78 is 7.59. The number of anilines is 1. The summed E-state index contributed by atoms with van der Waals surface area (Å²) in [6.45, 7) is 7.41. The van der Waals surface area contributed by atoms with E-state index in [0.717, 1.165) is 74.2 Å². The molecule has 0 bridgehead atoms. The van der Waals surface area contributed by atoms with Gasteiger partial charge in [0.1, 0.15) is 23.5 Å². The van der Waals surface area contributed by atoms with E-state index in [1.807, 2.05) is 11.4 Å². The summed E-state index contributed by atoms with van der Waals surface area (Å²) in [6.07, 6.45) is 6.99. The molecule has 3 aromatic heterocycles. The monoisotopic (exact) mass is 405 g/mol. The molecule has 0 aromatic carbocycles. The van der Waals surface area contributed by atoms with Gasteiger partial charge < -0.3 is 9.64 Å². The third-order valence-corrected chi connectivity index (χ3v) is 6.66. The van der Waals surface area contributed by atoms with Gasteiger partial charge in [0.25, 0.3) is 0 Å². The van der Waals surface area contributed by atoms with E-state index in [-0.39, 0.29) is 0 Å². The zero-order valence-electron chi connectivity index (χ0n) is 17.6. The molecular formula is C22H27N7O. The highest BCUT2D eigenvalue weighted by atomic mass is 16.5. The molecule has 2 fully saturated rings. The van der Waals surface area contributed by atoms with Gasteiger partial charge >= 0.3 is 0 Å². The van der Waals surface area contributed by atoms with Crippen LogP contribution < -0.4 is 4.90 Å². The molecule has 5 heterocycles. The van der Waals surface area contributed by atoms with Crippen LogP contribution in [0.5, 0.6) is 0 Å². The Morgan fingerprint density at radius 2 is 2.03 bits per heavy atom. The molecule has 156 valence electrons. The molecule has 1 saturated carbocycles. The van der Waals surface area contributed by atoms with Crippen molar-refractivity contribution in [1.29, 1.82) is 0 Å². The van der Waals surface area contributed by atoms with Crippen LogP contribution in [0.15, 0.2) is 6.33 Å². The van der Waals surface area contributed by atoms with E-state index in [1.165, 1.54) is 29.8 Å². The largest absolute Gasteiger partial charge is 0.381 e. The number of nitrogens with zero attached hydrogens (tertiary/aromatic N) is 7. The number of hydrogen-bond acceptors (Lipinski definition) is 7. The van der Waals surface area contributed by atoms with Crippen molar-refractivity contribution >= 4 is 11.3 Å². The average molecular weight is 406 g/mol. The van der Waals surface area contributed by atoms with Crippen LogP contribution in [0, 0.1) is 6.92 Å². The fourth-order valence-electron chi connectivity index (χ4n) is 4.86. The van der Waals surface area contributed by atoms with E-state index in [2.05, 4.69) is 16.9 Å². The smallest absolute Gasteiger partial charge is 0.158 e.